The van der Waals surface area contributed by atoms with Crippen LogP contribution in [0.25, 0.3) is 43.1 Å². The van der Waals surface area contributed by atoms with Crippen molar-refractivity contribution in [2.75, 3.05) is 13.1 Å². The highest BCUT2D eigenvalue weighted by atomic mass is 79.9. The molecular weight excluding hydrogens is 892 g/mol. The van der Waals surface area contributed by atoms with Crippen LogP contribution in [-0.2, 0) is 0 Å². The molecule has 0 bridgehead atoms. The van der Waals surface area contributed by atoms with Crippen molar-refractivity contribution in [2.45, 2.75) is 90.9 Å². The third-order valence-corrected chi connectivity index (χ3v) is 13.0. The lowest BCUT2D eigenvalue weighted by atomic mass is 9.82. The molecule has 2 aliphatic heterocycles. The Bertz CT molecular complexity index is 1960. The average Bonchev–Trinajstić information content (AvgIpc) is 3.07. The molecule has 0 spiro atoms. The van der Waals surface area contributed by atoms with Gasteiger partial charge in [0.1, 0.15) is 0 Å². The summed E-state index contributed by atoms with van der Waals surface area (Å²) in [7, 11) is 0. The Hall–Kier alpha value is -2.40. The molecule has 0 radical (unpaired) electrons. The van der Waals surface area contributed by atoms with Gasteiger partial charge in [0.15, 0.2) is 0 Å². The lowest BCUT2D eigenvalue weighted by Crippen LogP contribution is -2.41. The molecule has 5 aromatic carbocycles. The number of unbranched alkanes of at least 4 members (excludes halogenated alkanes) is 10. The van der Waals surface area contributed by atoms with Crippen molar-refractivity contribution >= 4 is 130 Å². The molecule has 50 heavy (non-hydrogen) atoms. The van der Waals surface area contributed by atoms with Gasteiger partial charge in [-0.3, -0.25) is 29.0 Å². The van der Waals surface area contributed by atoms with Crippen LogP contribution in [0.4, 0.5) is 0 Å². The Labute approximate surface area is 325 Å². The molecule has 5 aromatic rings. The van der Waals surface area contributed by atoms with E-state index in [0.717, 1.165) is 83.7 Å². The summed E-state index contributed by atoms with van der Waals surface area (Å²) in [6.45, 7) is 5.12. The van der Waals surface area contributed by atoms with E-state index in [0.29, 0.717) is 64.0 Å². The van der Waals surface area contributed by atoms with E-state index in [1.165, 1.54) is 35.5 Å². The van der Waals surface area contributed by atoms with Gasteiger partial charge in [0.2, 0.25) is 0 Å². The minimum atomic E-state index is -0.293. The summed E-state index contributed by atoms with van der Waals surface area (Å²) >= 11 is 15.0. The molecule has 0 saturated heterocycles. The van der Waals surface area contributed by atoms with Crippen molar-refractivity contribution < 1.29 is 19.2 Å². The third kappa shape index (κ3) is 5.75. The molecular formula is C40H38Br4N2O4. The molecule has 2 heterocycles. The summed E-state index contributed by atoms with van der Waals surface area (Å²) in [5.41, 5.74) is 1.93. The van der Waals surface area contributed by atoms with Crippen molar-refractivity contribution in [3.63, 3.8) is 0 Å². The molecule has 0 atom stereocenters. The number of rotatable bonds is 14. The number of halogens is 4. The lowest BCUT2D eigenvalue weighted by molar-refractivity contribution is 0.0591. The van der Waals surface area contributed by atoms with Crippen LogP contribution in [0.5, 0.6) is 0 Å². The second-order valence-electron chi connectivity index (χ2n) is 13.7. The van der Waals surface area contributed by atoms with Crippen LogP contribution in [0.15, 0.2) is 42.2 Å². The Balaban J connectivity index is 1.38. The van der Waals surface area contributed by atoms with Crippen molar-refractivity contribution in [1.82, 2.24) is 9.80 Å². The van der Waals surface area contributed by atoms with E-state index >= 15 is 0 Å². The van der Waals surface area contributed by atoms with Crippen molar-refractivity contribution in [3.8, 4) is 0 Å². The second-order valence-corrected chi connectivity index (χ2v) is 17.1. The molecule has 260 valence electrons. The first-order valence-corrected chi connectivity index (χ1v) is 21.0. The highest BCUT2D eigenvalue weighted by Gasteiger charge is 2.40. The number of imide groups is 2. The normalized spacial score (nSPS) is 14.6. The highest BCUT2D eigenvalue weighted by molar-refractivity contribution is 9.11. The van der Waals surface area contributed by atoms with Crippen LogP contribution in [-0.4, -0.2) is 46.5 Å². The summed E-state index contributed by atoms with van der Waals surface area (Å²) in [5, 5.41) is 6.23. The quantitative estimate of drug-likeness (QED) is 0.0481. The van der Waals surface area contributed by atoms with Crippen molar-refractivity contribution in [3.05, 3.63) is 64.4 Å². The van der Waals surface area contributed by atoms with Gasteiger partial charge in [0.05, 0.1) is 22.3 Å². The first-order valence-electron chi connectivity index (χ1n) is 17.8. The van der Waals surface area contributed by atoms with Crippen LogP contribution >= 0.6 is 63.7 Å². The zero-order chi connectivity index (χ0) is 35.4. The number of carbonyl (C=O) groups excluding carboxylic acids is 4. The van der Waals surface area contributed by atoms with Gasteiger partial charge in [-0.15, -0.1) is 0 Å². The number of hydrogen-bond acceptors (Lipinski definition) is 4. The Morgan fingerprint density at radius 3 is 0.940 bits per heavy atom. The molecule has 0 saturated carbocycles. The van der Waals surface area contributed by atoms with E-state index < -0.39 is 0 Å². The lowest BCUT2D eigenvalue weighted by Gasteiger charge is -2.32. The fourth-order valence-corrected chi connectivity index (χ4v) is 10.4. The number of nitrogens with zero attached hydrogens (tertiary/aromatic N) is 2. The smallest absolute Gasteiger partial charge is 0.262 e. The van der Waals surface area contributed by atoms with Gasteiger partial charge >= 0.3 is 0 Å². The molecule has 0 aliphatic carbocycles. The van der Waals surface area contributed by atoms with E-state index in [-0.39, 0.29) is 23.6 Å². The maximum Gasteiger partial charge on any atom is 0.262 e. The summed E-state index contributed by atoms with van der Waals surface area (Å²) < 4.78 is 2.42. The van der Waals surface area contributed by atoms with Gasteiger partial charge in [-0.05, 0) is 133 Å². The van der Waals surface area contributed by atoms with E-state index in [2.05, 4.69) is 77.6 Å². The Morgan fingerprint density at radius 2 is 0.660 bits per heavy atom. The van der Waals surface area contributed by atoms with Gasteiger partial charge in [0, 0.05) is 41.8 Å². The molecule has 4 amide bonds. The van der Waals surface area contributed by atoms with Crippen molar-refractivity contribution in [2.24, 2.45) is 0 Å². The maximum absolute atomic E-state index is 14.1. The molecule has 6 nitrogen and oxygen atoms in total. The van der Waals surface area contributed by atoms with Crippen LogP contribution in [0.1, 0.15) is 132 Å². The predicted molar refractivity (Wildman–Crippen MR) is 216 cm³/mol. The minimum Gasteiger partial charge on any atom is -0.274 e. The van der Waals surface area contributed by atoms with Gasteiger partial charge in [-0.1, -0.05) is 78.1 Å². The third-order valence-electron chi connectivity index (χ3n) is 10.5. The number of fused-ring (bicyclic) bond motifs is 2. The van der Waals surface area contributed by atoms with E-state index in [1.807, 2.05) is 24.3 Å². The molecule has 0 N–H and O–H groups in total. The molecule has 7 rings (SSSR count). The van der Waals surface area contributed by atoms with Gasteiger partial charge in [-0.2, -0.15) is 0 Å². The standard InChI is InChI=1S/C40H38Br4N2O4/c1-3-5-7-9-11-13-15-45-37(47)31-25(41)17-21-23-19-27(43)33-36-30(23)24(22-18-26(42)32(38(45)48)35(31)29(21)22)20-28(44)34(36)40(50)46(39(33)49)16-14-12-10-8-6-4-2/h17-20H,3-16H2,1-2H3. The highest BCUT2D eigenvalue weighted by Crippen LogP contribution is 2.51. The Morgan fingerprint density at radius 1 is 0.400 bits per heavy atom. The second kappa shape index (κ2) is 14.6. The zero-order valence-electron chi connectivity index (χ0n) is 28.2. The Kier molecular flexibility index (Phi) is 10.5. The van der Waals surface area contributed by atoms with Crippen LogP contribution in [0, 0.1) is 0 Å². The van der Waals surface area contributed by atoms with Gasteiger partial charge in [0.25, 0.3) is 23.6 Å². The fraction of sp³-hybridized carbons (Fsp3) is 0.400. The molecule has 0 aromatic heterocycles. The van der Waals surface area contributed by atoms with E-state index in [9.17, 15) is 19.2 Å². The largest absolute Gasteiger partial charge is 0.274 e. The summed E-state index contributed by atoms with van der Waals surface area (Å²) in [4.78, 5) is 59.3. The monoisotopic (exact) mass is 926 g/mol. The molecule has 10 heteroatoms. The molecule has 0 unspecified atom stereocenters. The molecule has 0 fully saturated rings. The van der Waals surface area contributed by atoms with Crippen LogP contribution in [0.2, 0.25) is 0 Å². The van der Waals surface area contributed by atoms with Crippen molar-refractivity contribution in [1.29, 1.82) is 0 Å². The number of carbonyl (C=O) groups is 4. The van der Waals surface area contributed by atoms with E-state index in [4.69, 9.17) is 0 Å². The van der Waals surface area contributed by atoms with E-state index in [1.54, 1.807) is 0 Å². The van der Waals surface area contributed by atoms with Crippen LogP contribution < -0.4 is 0 Å². The number of benzene rings is 5. The SMILES string of the molecule is CCCCCCCCN1C(=O)c2c(Br)cc3c4cc(Br)c5c6c(c(Br)cc(c7cc(Br)c(c2c37)C1=O)c64)C(=O)N(CCCCCCCC)C5=O. The molecule has 2 aliphatic rings. The number of hydrogen-bond donors (Lipinski definition) is 0. The first-order chi connectivity index (χ1) is 24.1. The fourth-order valence-electron chi connectivity index (χ4n) is 8.06. The average molecular weight is 930 g/mol. The predicted octanol–water partition coefficient (Wildman–Crippen LogP) is 12.7. The summed E-state index contributed by atoms with van der Waals surface area (Å²) in [6, 6.07) is 7.84. The summed E-state index contributed by atoms with van der Waals surface area (Å²) in [5.74, 6) is -1.17. The van der Waals surface area contributed by atoms with Gasteiger partial charge < -0.3 is 0 Å². The summed E-state index contributed by atoms with van der Waals surface area (Å²) in [6.07, 6.45) is 12.7. The first kappa shape index (κ1) is 36.0. The van der Waals surface area contributed by atoms with Gasteiger partial charge in [-0.25, -0.2) is 0 Å². The van der Waals surface area contributed by atoms with Crippen LogP contribution in [0.3, 0.4) is 0 Å². The minimum absolute atomic E-state index is 0.293. The number of amides is 4. The maximum atomic E-state index is 14.1. The zero-order valence-corrected chi connectivity index (χ0v) is 34.6. The topological polar surface area (TPSA) is 74.8 Å².